The van der Waals surface area contributed by atoms with Crippen molar-refractivity contribution in [3.63, 3.8) is 0 Å². The van der Waals surface area contributed by atoms with Gasteiger partial charge in [0.15, 0.2) is 5.13 Å². The molecular weight excluding hydrogens is 256 g/mol. The number of thiazole rings is 1. The van der Waals surface area contributed by atoms with Crippen molar-refractivity contribution in [1.29, 1.82) is 0 Å². The summed E-state index contributed by atoms with van der Waals surface area (Å²) in [6.45, 7) is 7.02. The molecule has 0 aliphatic carbocycles. The van der Waals surface area contributed by atoms with E-state index in [1.807, 2.05) is 0 Å². The van der Waals surface area contributed by atoms with Crippen molar-refractivity contribution in [1.82, 2.24) is 4.98 Å². The quantitative estimate of drug-likeness (QED) is 0.900. The first-order chi connectivity index (χ1) is 9.10. The molecule has 0 bridgehead atoms. The van der Waals surface area contributed by atoms with Crippen molar-refractivity contribution in [3.05, 3.63) is 34.7 Å². The summed E-state index contributed by atoms with van der Waals surface area (Å²) in [6.07, 6.45) is 0. The summed E-state index contributed by atoms with van der Waals surface area (Å²) < 4.78 is 5.11. The van der Waals surface area contributed by atoms with E-state index in [1.165, 1.54) is 16.7 Å². The molecule has 1 unspecified atom stereocenters. The molecular formula is C15H20N2OS. The number of nitrogens with one attached hydrogen (secondary N) is 1. The van der Waals surface area contributed by atoms with E-state index < -0.39 is 0 Å². The van der Waals surface area contributed by atoms with Crippen molar-refractivity contribution >= 4 is 16.5 Å². The van der Waals surface area contributed by atoms with Crippen LogP contribution in [-0.4, -0.2) is 24.7 Å². The van der Waals surface area contributed by atoms with Gasteiger partial charge in [0, 0.05) is 24.1 Å². The highest BCUT2D eigenvalue weighted by atomic mass is 32.1. The Balaban J connectivity index is 2.14. The second-order valence-electron chi connectivity index (χ2n) is 4.84. The van der Waals surface area contributed by atoms with Crippen LogP contribution >= 0.6 is 11.3 Å². The normalized spacial score (nSPS) is 12.4. The predicted octanol–water partition coefficient (Wildman–Crippen LogP) is 3.87. The molecule has 0 aliphatic heterocycles. The third-order valence-corrected chi connectivity index (χ3v) is 3.87. The second kappa shape index (κ2) is 6.17. The van der Waals surface area contributed by atoms with Gasteiger partial charge in [-0.15, -0.1) is 11.3 Å². The SMILES string of the molecule is COCC(C)Nc1nc(-c2ccc(C)c(C)c2)cs1. The molecule has 0 saturated heterocycles. The summed E-state index contributed by atoms with van der Waals surface area (Å²) >= 11 is 1.63. The Morgan fingerprint density at radius 2 is 2.11 bits per heavy atom. The molecule has 0 spiro atoms. The molecule has 19 heavy (non-hydrogen) atoms. The minimum Gasteiger partial charge on any atom is -0.383 e. The van der Waals surface area contributed by atoms with E-state index in [0.29, 0.717) is 6.61 Å². The number of benzene rings is 1. The first kappa shape index (κ1) is 14.0. The summed E-state index contributed by atoms with van der Waals surface area (Å²) in [7, 11) is 1.71. The maximum atomic E-state index is 5.11. The van der Waals surface area contributed by atoms with Gasteiger partial charge in [0.1, 0.15) is 0 Å². The largest absolute Gasteiger partial charge is 0.383 e. The summed E-state index contributed by atoms with van der Waals surface area (Å²) in [4.78, 5) is 4.63. The zero-order valence-electron chi connectivity index (χ0n) is 11.9. The van der Waals surface area contributed by atoms with E-state index in [-0.39, 0.29) is 6.04 Å². The van der Waals surface area contributed by atoms with Gasteiger partial charge >= 0.3 is 0 Å². The van der Waals surface area contributed by atoms with E-state index in [2.05, 4.69) is 54.7 Å². The predicted molar refractivity (Wildman–Crippen MR) is 82.0 cm³/mol. The number of nitrogens with zero attached hydrogens (tertiary/aromatic N) is 1. The molecule has 102 valence electrons. The first-order valence-electron chi connectivity index (χ1n) is 6.38. The number of aryl methyl sites for hydroxylation is 2. The van der Waals surface area contributed by atoms with Gasteiger partial charge in [-0.2, -0.15) is 0 Å². The molecule has 0 saturated carbocycles. The Morgan fingerprint density at radius 3 is 2.79 bits per heavy atom. The van der Waals surface area contributed by atoms with Gasteiger partial charge in [-0.3, -0.25) is 0 Å². The van der Waals surface area contributed by atoms with E-state index in [0.717, 1.165) is 10.8 Å². The zero-order chi connectivity index (χ0) is 13.8. The first-order valence-corrected chi connectivity index (χ1v) is 7.26. The Hall–Kier alpha value is -1.39. The fourth-order valence-electron chi connectivity index (χ4n) is 1.88. The highest BCUT2D eigenvalue weighted by Gasteiger charge is 2.08. The minimum absolute atomic E-state index is 0.267. The molecule has 2 aromatic rings. The van der Waals surface area contributed by atoms with Gasteiger partial charge in [0.05, 0.1) is 12.3 Å². The summed E-state index contributed by atoms with van der Waals surface area (Å²) in [5.41, 5.74) is 4.81. The van der Waals surface area contributed by atoms with Crippen LogP contribution in [0.3, 0.4) is 0 Å². The van der Waals surface area contributed by atoms with Crippen LogP contribution in [0.4, 0.5) is 5.13 Å². The topological polar surface area (TPSA) is 34.1 Å². The lowest BCUT2D eigenvalue weighted by Gasteiger charge is -2.10. The molecule has 1 atom stereocenters. The zero-order valence-corrected chi connectivity index (χ0v) is 12.7. The average molecular weight is 276 g/mol. The molecule has 1 heterocycles. The number of hydrogen-bond donors (Lipinski definition) is 1. The van der Waals surface area contributed by atoms with Crippen molar-refractivity contribution in [3.8, 4) is 11.3 Å². The third kappa shape index (κ3) is 3.55. The fourth-order valence-corrected chi connectivity index (χ4v) is 2.71. The van der Waals surface area contributed by atoms with Crippen molar-refractivity contribution in [2.24, 2.45) is 0 Å². The van der Waals surface area contributed by atoms with Gasteiger partial charge < -0.3 is 10.1 Å². The number of hydrogen-bond acceptors (Lipinski definition) is 4. The lowest BCUT2D eigenvalue weighted by molar-refractivity contribution is 0.190. The van der Waals surface area contributed by atoms with Gasteiger partial charge in [0.2, 0.25) is 0 Å². The third-order valence-electron chi connectivity index (χ3n) is 3.09. The molecule has 1 aromatic heterocycles. The lowest BCUT2D eigenvalue weighted by atomic mass is 10.1. The van der Waals surface area contributed by atoms with Crippen LogP contribution in [0.15, 0.2) is 23.6 Å². The van der Waals surface area contributed by atoms with Crippen LogP contribution in [0.25, 0.3) is 11.3 Å². The lowest BCUT2D eigenvalue weighted by Crippen LogP contribution is -2.20. The van der Waals surface area contributed by atoms with Crippen LogP contribution in [0.2, 0.25) is 0 Å². The number of methoxy groups -OCH3 is 1. The Labute approximate surface area is 118 Å². The molecule has 0 fully saturated rings. The standard InChI is InChI=1S/C15H20N2OS/c1-10-5-6-13(7-11(10)2)14-9-19-15(17-14)16-12(3)8-18-4/h5-7,9,12H,8H2,1-4H3,(H,16,17). The smallest absolute Gasteiger partial charge is 0.183 e. The maximum absolute atomic E-state index is 5.11. The molecule has 3 nitrogen and oxygen atoms in total. The van der Waals surface area contributed by atoms with E-state index in [1.54, 1.807) is 18.4 Å². The minimum atomic E-state index is 0.267. The highest BCUT2D eigenvalue weighted by Crippen LogP contribution is 2.26. The molecule has 1 aromatic carbocycles. The summed E-state index contributed by atoms with van der Waals surface area (Å²) in [5, 5.41) is 6.37. The second-order valence-corrected chi connectivity index (χ2v) is 5.70. The number of ether oxygens (including phenoxy) is 1. The molecule has 4 heteroatoms. The number of aromatic nitrogens is 1. The van der Waals surface area contributed by atoms with Crippen LogP contribution in [-0.2, 0) is 4.74 Å². The molecule has 1 N–H and O–H groups in total. The van der Waals surface area contributed by atoms with E-state index >= 15 is 0 Å². The average Bonchev–Trinajstić information content (AvgIpc) is 2.81. The number of anilines is 1. The molecule has 0 radical (unpaired) electrons. The summed E-state index contributed by atoms with van der Waals surface area (Å²) in [6, 6.07) is 6.72. The van der Waals surface area contributed by atoms with Gasteiger partial charge in [-0.25, -0.2) is 4.98 Å². The van der Waals surface area contributed by atoms with Crippen molar-refractivity contribution in [2.75, 3.05) is 19.0 Å². The van der Waals surface area contributed by atoms with Crippen molar-refractivity contribution in [2.45, 2.75) is 26.8 Å². The van der Waals surface area contributed by atoms with Crippen LogP contribution in [0.1, 0.15) is 18.1 Å². The van der Waals surface area contributed by atoms with E-state index in [9.17, 15) is 0 Å². The van der Waals surface area contributed by atoms with E-state index in [4.69, 9.17) is 4.74 Å². The van der Waals surface area contributed by atoms with Crippen molar-refractivity contribution < 1.29 is 4.74 Å². The monoisotopic (exact) mass is 276 g/mol. The molecule has 0 aliphatic rings. The Kier molecular flexibility index (Phi) is 4.56. The van der Waals surface area contributed by atoms with Gasteiger partial charge in [-0.1, -0.05) is 12.1 Å². The highest BCUT2D eigenvalue weighted by molar-refractivity contribution is 7.14. The van der Waals surface area contributed by atoms with Crippen LogP contribution in [0.5, 0.6) is 0 Å². The fraction of sp³-hybridized carbons (Fsp3) is 0.400. The Bertz CT molecular complexity index is 551. The molecule has 2 rings (SSSR count). The Morgan fingerprint density at radius 1 is 1.32 bits per heavy atom. The maximum Gasteiger partial charge on any atom is 0.183 e. The van der Waals surface area contributed by atoms with Crippen LogP contribution in [0, 0.1) is 13.8 Å². The van der Waals surface area contributed by atoms with Crippen LogP contribution < -0.4 is 5.32 Å². The molecule has 0 amide bonds. The summed E-state index contributed by atoms with van der Waals surface area (Å²) in [5.74, 6) is 0. The number of rotatable bonds is 5. The van der Waals surface area contributed by atoms with Gasteiger partial charge in [-0.05, 0) is 38.0 Å². The van der Waals surface area contributed by atoms with Gasteiger partial charge in [0.25, 0.3) is 0 Å².